The van der Waals surface area contributed by atoms with Gasteiger partial charge in [-0.3, -0.25) is 4.57 Å². The second kappa shape index (κ2) is 9.80. The lowest BCUT2D eigenvalue weighted by Crippen LogP contribution is -2.06. The molecule has 5 heteroatoms. The van der Waals surface area contributed by atoms with E-state index in [4.69, 9.17) is 15.0 Å². The molecule has 214 valence electrons. The number of fused-ring (bicyclic) bond motifs is 9. The van der Waals surface area contributed by atoms with E-state index in [0.29, 0.717) is 17.6 Å². The van der Waals surface area contributed by atoms with E-state index in [2.05, 4.69) is 150 Å². The van der Waals surface area contributed by atoms with Gasteiger partial charge in [-0.1, -0.05) is 121 Å². The molecule has 0 aliphatic carbocycles. The van der Waals surface area contributed by atoms with E-state index in [9.17, 15) is 0 Å². The van der Waals surface area contributed by atoms with Crippen LogP contribution in [-0.4, -0.2) is 19.5 Å². The van der Waals surface area contributed by atoms with E-state index in [1.165, 1.54) is 41.7 Å². The van der Waals surface area contributed by atoms with Gasteiger partial charge in [-0.05, 0) is 45.8 Å². The average Bonchev–Trinajstić information content (AvgIpc) is 3.67. The Hall–Kier alpha value is -5.91. The Balaban J connectivity index is 1.32. The van der Waals surface area contributed by atoms with E-state index in [0.717, 1.165) is 32.9 Å². The molecule has 0 saturated heterocycles. The first-order valence-corrected chi connectivity index (χ1v) is 16.2. The number of para-hydroxylation sites is 1. The average molecular weight is 605 g/mol. The lowest BCUT2D eigenvalue weighted by atomic mass is 10.1. The summed E-state index contributed by atoms with van der Waals surface area (Å²) in [5.41, 5.74) is 4.11. The van der Waals surface area contributed by atoms with Crippen molar-refractivity contribution in [1.29, 1.82) is 0 Å². The van der Waals surface area contributed by atoms with Crippen LogP contribution in [0.5, 0.6) is 0 Å². The minimum absolute atomic E-state index is 0.609. The Morgan fingerprint density at radius 3 is 1.70 bits per heavy atom. The Kier molecular flexibility index (Phi) is 5.41. The monoisotopic (exact) mass is 604 g/mol. The lowest BCUT2D eigenvalue weighted by Gasteiger charge is -2.12. The molecule has 0 unspecified atom stereocenters. The van der Waals surface area contributed by atoms with E-state index in [1.807, 2.05) is 11.3 Å². The summed E-state index contributed by atoms with van der Waals surface area (Å²) in [6.45, 7) is 0. The van der Waals surface area contributed by atoms with Crippen LogP contribution in [0.15, 0.2) is 146 Å². The van der Waals surface area contributed by atoms with Crippen molar-refractivity contribution >= 4 is 74.9 Å². The molecule has 0 atom stereocenters. The predicted molar refractivity (Wildman–Crippen MR) is 193 cm³/mol. The highest BCUT2D eigenvalue weighted by molar-refractivity contribution is 7.26. The van der Waals surface area contributed by atoms with E-state index in [1.54, 1.807) is 0 Å². The number of hydrogen-bond acceptors (Lipinski definition) is 4. The quantitative estimate of drug-likeness (QED) is 0.201. The Bertz CT molecular complexity index is 2730. The second-order valence-electron chi connectivity index (χ2n) is 11.7. The van der Waals surface area contributed by atoms with Crippen molar-refractivity contribution in [2.75, 3.05) is 0 Å². The third-order valence-electron chi connectivity index (χ3n) is 9.02. The van der Waals surface area contributed by atoms with Gasteiger partial charge in [0.2, 0.25) is 5.95 Å². The van der Waals surface area contributed by atoms with Crippen molar-refractivity contribution in [3.8, 4) is 28.7 Å². The molecule has 0 fully saturated rings. The smallest absolute Gasteiger partial charge is 0.238 e. The molecule has 10 rings (SSSR count). The maximum Gasteiger partial charge on any atom is 0.238 e. The number of thiophene rings is 1. The van der Waals surface area contributed by atoms with Gasteiger partial charge in [0.05, 0.1) is 15.7 Å². The molecule has 4 nitrogen and oxygen atoms in total. The van der Waals surface area contributed by atoms with Gasteiger partial charge in [0, 0.05) is 37.4 Å². The van der Waals surface area contributed by atoms with E-state index in [-0.39, 0.29) is 0 Å². The van der Waals surface area contributed by atoms with Crippen LogP contribution in [0, 0.1) is 0 Å². The van der Waals surface area contributed by atoms with Crippen molar-refractivity contribution in [2.45, 2.75) is 0 Å². The highest BCUT2D eigenvalue weighted by Gasteiger charge is 2.21. The molecular formula is C41H24N4S. The SMILES string of the molecule is c1ccc2cc(-c3nc(-c4ccc5ccccc5c4)nc(-n4c5ccccc5c5ccc6c7ccccc7sc6c54)n3)ccc2c1. The number of benzene rings is 7. The summed E-state index contributed by atoms with van der Waals surface area (Å²) >= 11 is 1.83. The van der Waals surface area contributed by atoms with Crippen LogP contribution in [-0.2, 0) is 0 Å². The molecule has 7 aromatic carbocycles. The molecule has 3 aromatic heterocycles. The van der Waals surface area contributed by atoms with Gasteiger partial charge in [0.1, 0.15) is 0 Å². The Labute approximate surface area is 267 Å². The van der Waals surface area contributed by atoms with Crippen molar-refractivity contribution in [3.05, 3.63) is 146 Å². The highest BCUT2D eigenvalue weighted by Crippen LogP contribution is 2.42. The maximum atomic E-state index is 5.25. The van der Waals surface area contributed by atoms with Gasteiger partial charge in [-0.25, -0.2) is 4.98 Å². The largest absolute Gasteiger partial charge is 0.276 e. The van der Waals surface area contributed by atoms with Gasteiger partial charge in [0.15, 0.2) is 11.6 Å². The van der Waals surface area contributed by atoms with Crippen molar-refractivity contribution in [1.82, 2.24) is 19.5 Å². The van der Waals surface area contributed by atoms with Crippen LogP contribution >= 0.6 is 11.3 Å². The number of aromatic nitrogens is 4. The first kappa shape index (κ1) is 25.4. The van der Waals surface area contributed by atoms with Crippen molar-refractivity contribution in [3.63, 3.8) is 0 Å². The van der Waals surface area contributed by atoms with Gasteiger partial charge in [-0.2, -0.15) is 9.97 Å². The first-order valence-electron chi connectivity index (χ1n) is 15.4. The van der Waals surface area contributed by atoms with Crippen LogP contribution in [0.2, 0.25) is 0 Å². The Morgan fingerprint density at radius 1 is 0.435 bits per heavy atom. The summed E-state index contributed by atoms with van der Waals surface area (Å²) in [6.07, 6.45) is 0. The van der Waals surface area contributed by atoms with Gasteiger partial charge < -0.3 is 0 Å². The summed E-state index contributed by atoms with van der Waals surface area (Å²) in [5, 5.41) is 9.55. The molecule has 0 radical (unpaired) electrons. The normalized spacial score (nSPS) is 11.9. The predicted octanol–water partition coefficient (Wildman–Crippen LogP) is 11.0. The minimum atomic E-state index is 0.609. The summed E-state index contributed by atoms with van der Waals surface area (Å²) in [6, 6.07) is 51.4. The van der Waals surface area contributed by atoms with Crippen LogP contribution < -0.4 is 0 Å². The molecule has 0 aliphatic heterocycles. The molecule has 0 spiro atoms. The van der Waals surface area contributed by atoms with Crippen molar-refractivity contribution in [2.24, 2.45) is 0 Å². The summed E-state index contributed by atoms with van der Waals surface area (Å²) in [4.78, 5) is 15.6. The summed E-state index contributed by atoms with van der Waals surface area (Å²) in [5.74, 6) is 1.90. The summed E-state index contributed by atoms with van der Waals surface area (Å²) < 4.78 is 4.75. The standard InChI is InChI=1S/C41H24N4S/c1-3-11-27-23-29(19-17-25(27)9-1)39-42-40(30-20-18-26-10-2-4-12-28(26)24-30)44-41(43-39)45-35-15-7-5-13-31(35)33-21-22-34-32-14-6-8-16-36(32)46-38(34)37(33)45/h1-24H. The maximum absolute atomic E-state index is 5.25. The molecule has 0 amide bonds. The number of rotatable bonds is 3. The summed E-state index contributed by atoms with van der Waals surface area (Å²) in [7, 11) is 0. The molecular weight excluding hydrogens is 581 g/mol. The van der Waals surface area contributed by atoms with Crippen molar-refractivity contribution < 1.29 is 0 Å². The molecule has 0 aliphatic rings. The van der Waals surface area contributed by atoms with Crippen LogP contribution in [0.3, 0.4) is 0 Å². The van der Waals surface area contributed by atoms with Crippen LogP contribution in [0.25, 0.3) is 92.2 Å². The van der Waals surface area contributed by atoms with Gasteiger partial charge >= 0.3 is 0 Å². The fourth-order valence-electron chi connectivity index (χ4n) is 6.82. The van der Waals surface area contributed by atoms with Gasteiger partial charge in [0.25, 0.3) is 0 Å². The third kappa shape index (κ3) is 3.82. The fourth-order valence-corrected chi connectivity index (χ4v) is 8.06. The Morgan fingerprint density at radius 2 is 1.00 bits per heavy atom. The molecule has 10 aromatic rings. The van der Waals surface area contributed by atoms with Crippen LogP contribution in [0.1, 0.15) is 0 Å². The molecule has 46 heavy (non-hydrogen) atoms. The first-order chi connectivity index (χ1) is 22.8. The number of hydrogen-bond donors (Lipinski definition) is 0. The molecule has 0 N–H and O–H groups in total. The zero-order valence-electron chi connectivity index (χ0n) is 24.6. The third-order valence-corrected chi connectivity index (χ3v) is 10.2. The molecule has 0 saturated carbocycles. The highest BCUT2D eigenvalue weighted by atomic mass is 32.1. The number of nitrogens with zero attached hydrogens (tertiary/aromatic N) is 4. The zero-order chi connectivity index (χ0) is 30.2. The van der Waals surface area contributed by atoms with E-state index < -0.39 is 0 Å². The van der Waals surface area contributed by atoms with Gasteiger partial charge in [-0.15, -0.1) is 11.3 Å². The molecule has 3 heterocycles. The lowest BCUT2D eigenvalue weighted by molar-refractivity contribution is 0.956. The van der Waals surface area contributed by atoms with E-state index >= 15 is 0 Å². The topological polar surface area (TPSA) is 43.6 Å². The molecule has 0 bridgehead atoms. The second-order valence-corrected chi connectivity index (χ2v) is 12.7. The zero-order valence-corrected chi connectivity index (χ0v) is 25.4. The van der Waals surface area contributed by atoms with Crippen LogP contribution in [0.4, 0.5) is 0 Å². The minimum Gasteiger partial charge on any atom is -0.276 e. The fraction of sp³-hybridized carbons (Fsp3) is 0.